The van der Waals surface area contributed by atoms with Crippen molar-refractivity contribution in [3.8, 4) is 23.1 Å². The van der Waals surface area contributed by atoms with E-state index in [-0.39, 0.29) is 58.0 Å². The molecule has 0 bridgehead atoms. The van der Waals surface area contributed by atoms with Crippen molar-refractivity contribution in [3.63, 3.8) is 0 Å². The molecule has 2 aromatic heterocycles. The summed E-state index contributed by atoms with van der Waals surface area (Å²) in [4.78, 5) is 39.0. The number of carbonyl (C=O) groups is 1. The predicted molar refractivity (Wildman–Crippen MR) is 283 cm³/mol. The molecular formula is C57H71N7O8S. The van der Waals surface area contributed by atoms with Gasteiger partial charge in [0.15, 0.2) is 17.2 Å². The maximum Gasteiger partial charge on any atom is 0.297 e. The molecule has 16 heteroatoms. The number of carbonyl (C=O) groups excluding carboxylic acids is 1. The highest BCUT2D eigenvalue weighted by Crippen LogP contribution is 2.55. The number of anilines is 2. The molecule has 3 aliphatic heterocycles. The maximum absolute atomic E-state index is 14.5. The van der Waals surface area contributed by atoms with Gasteiger partial charge in [0.2, 0.25) is 0 Å². The Morgan fingerprint density at radius 3 is 2.45 bits per heavy atom. The van der Waals surface area contributed by atoms with E-state index in [9.17, 15) is 23.3 Å². The second-order valence-corrected chi connectivity index (χ2v) is 24.9. The van der Waals surface area contributed by atoms with Crippen LogP contribution >= 0.6 is 0 Å². The van der Waals surface area contributed by atoms with E-state index in [1.807, 2.05) is 18.2 Å². The zero-order chi connectivity index (χ0) is 50.6. The SMILES string of the molecule is CC(C)c1ccccc1[C@H]1CCCN1C1CC2(CCN(c3ccc(C(=O)NS(=O)(=O)c4cc5c(c([N+](=O)[O-])c4)N[C@@H](C4CCC(C)(C)CC4)CO5)c(Oc4cc5cc[nH]c5nc4OCC4CCCC4)c3)CC2)C1. The number of amides is 1. The fourth-order valence-electron chi connectivity index (χ4n) is 13.2. The van der Waals surface area contributed by atoms with Gasteiger partial charge in [0.1, 0.15) is 18.0 Å². The van der Waals surface area contributed by atoms with E-state index in [1.54, 1.807) is 18.3 Å². The molecule has 6 aliphatic rings. The van der Waals surface area contributed by atoms with Crippen molar-refractivity contribution in [2.24, 2.45) is 22.7 Å². The first-order valence-electron chi connectivity index (χ1n) is 26.9. The van der Waals surface area contributed by atoms with Crippen LogP contribution in [0, 0.1) is 32.8 Å². The Kier molecular flexibility index (Phi) is 13.4. The van der Waals surface area contributed by atoms with Crippen LogP contribution in [0.5, 0.6) is 23.1 Å². The lowest BCUT2D eigenvalue weighted by Crippen LogP contribution is -2.54. The number of H-pyrrole nitrogens is 1. The molecule has 3 saturated carbocycles. The molecule has 0 radical (unpaired) electrons. The van der Waals surface area contributed by atoms with Gasteiger partial charge in [-0.2, -0.15) is 4.98 Å². The molecule has 5 aromatic rings. The van der Waals surface area contributed by atoms with Crippen molar-refractivity contribution in [1.82, 2.24) is 19.6 Å². The van der Waals surface area contributed by atoms with Gasteiger partial charge < -0.3 is 29.4 Å². The largest absolute Gasteiger partial charge is 0.489 e. The third-order valence-corrected chi connectivity index (χ3v) is 18.9. The molecule has 15 nitrogen and oxygen atoms in total. The Balaban J connectivity index is 0.841. The molecule has 0 unspecified atom stereocenters. The molecule has 1 spiro atoms. The van der Waals surface area contributed by atoms with Crippen LogP contribution in [-0.2, 0) is 10.0 Å². The monoisotopic (exact) mass is 1010 g/mol. The van der Waals surface area contributed by atoms with Crippen LogP contribution in [0.4, 0.5) is 17.1 Å². The summed E-state index contributed by atoms with van der Waals surface area (Å²) in [5, 5.41) is 16.7. The Morgan fingerprint density at radius 1 is 0.932 bits per heavy atom. The van der Waals surface area contributed by atoms with E-state index < -0.39 is 31.4 Å². The standard InChI is InChI=1S/C57H71N7O8S/c1-36(2)43-12-7-8-13-44(43)47-14-9-25-63(47)41-32-57(33-41)22-26-62(27-23-57)40-15-16-45(49(29-40)72-51-28-39-19-24-58-53(39)60-55(51)71-34-37-10-5-6-11-37)54(65)61-73(68,69)42-30-48(64(66)67)52-50(31-42)70-35-46(59-52)38-17-20-56(3,4)21-18-38/h7-8,12-13,15-16,19,24,28-31,36-38,41,46-47,59H,5-6,9-11,14,17-18,20-23,25-27,32-35H2,1-4H3,(H,58,60)(H,61,65)/t46-,47-/m1/s1. The van der Waals surface area contributed by atoms with Gasteiger partial charge in [-0.15, -0.1) is 0 Å². The quantitative estimate of drug-likeness (QED) is 0.0708. The Hall–Kier alpha value is -5.87. The van der Waals surface area contributed by atoms with Gasteiger partial charge in [-0.25, -0.2) is 13.1 Å². The van der Waals surface area contributed by atoms with E-state index in [0.717, 1.165) is 101 Å². The van der Waals surface area contributed by atoms with Crippen molar-refractivity contribution in [1.29, 1.82) is 0 Å². The number of nitrogens with zero attached hydrogens (tertiary/aromatic N) is 4. The van der Waals surface area contributed by atoms with Crippen molar-refractivity contribution in [2.45, 2.75) is 147 Å². The van der Waals surface area contributed by atoms with E-state index in [4.69, 9.17) is 19.2 Å². The van der Waals surface area contributed by atoms with Gasteiger partial charge in [-0.3, -0.25) is 19.8 Å². The van der Waals surface area contributed by atoms with E-state index in [0.29, 0.717) is 41.9 Å². The number of benzene rings is 3. The van der Waals surface area contributed by atoms with Gasteiger partial charge in [-0.05, 0) is 148 Å². The van der Waals surface area contributed by atoms with Crippen LogP contribution in [0.1, 0.15) is 151 Å². The fraction of sp³-hybridized carbons (Fsp3) is 0.544. The van der Waals surface area contributed by atoms with Gasteiger partial charge in [0.25, 0.3) is 27.5 Å². The molecule has 5 heterocycles. The number of aromatic nitrogens is 2. The number of nitrogens with one attached hydrogen (secondary N) is 3. The molecule has 73 heavy (non-hydrogen) atoms. The number of hydrogen-bond acceptors (Lipinski definition) is 12. The lowest BCUT2D eigenvalue weighted by atomic mass is 9.59. The summed E-state index contributed by atoms with van der Waals surface area (Å²) in [6.07, 6.45) is 17.1. The highest BCUT2D eigenvalue weighted by Gasteiger charge is 2.50. The number of fused-ring (bicyclic) bond motifs is 2. The van der Waals surface area contributed by atoms with Crippen LogP contribution in [0.3, 0.4) is 0 Å². The Morgan fingerprint density at radius 2 is 1.70 bits per heavy atom. The average Bonchev–Trinajstić information content (AvgIpc) is 4.18. The van der Waals surface area contributed by atoms with Gasteiger partial charge in [-0.1, -0.05) is 64.8 Å². The smallest absolute Gasteiger partial charge is 0.297 e. The van der Waals surface area contributed by atoms with E-state index >= 15 is 0 Å². The van der Waals surface area contributed by atoms with Crippen molar-refractivity contribution >= 4 is 44.0 Å². The number of sulfonamides is 1. The summed E-state index contributed by atoms with van der Waals surface area (Å²) < 4.78 is 49.9. The number of rotatable bonds is 14. The summed E-state index contributed by atoms with van der Waals surface area (Å²) in [5.41, 5.74) is 4.62. The number of pyridine rings is 1. The molecule has 1 amide bonds. The van der Waals surface area contributed by atoms with Crippen LogP contribution in [-0.4, -0.2) is 79.0 Å². The second-order valence-electron chi connectivity index (χ2n) is 23.3. The van der Waals surface area contributed by atoms with E-state index in [2.05, 4.69) is 76.8 Å². The predicted octanol–water partition coefficient (Wildman–Crippen LogP) is 12.0. The van der Waals surface area contributed by atoms with Gasteiger partial charge in [0, 0.05) is 60.6 Å². The molecule has 2 atom stereocenters. The average molecular weight is 1010 g/mol. The molecule has 5 fully saturated rings. The van der Waals surface area contributed by atoms with Crippen molar-refractivity contribution in [2.75, 3.05) is 43.1 Å². The Labute approximate surface area is 429 Å². The minimum absolute atomic E-state index is 0.0402. The minimum atomic E-state index is -4.68. The number of likely N-dealkylation sites (tertiary alicyclic amines) is 1. The maximum atomic E-state index is 14.5. The topological polar surface area (TPSA) is 181 Å². The number of nitro groups is 1. The Bertz CT molecular complexity index is 2980. The molecule has 11 rings (SSSR count). The molecule has 388 valence electrons. The number of hydrogen-bond donors (Lipinski definition) is 3. The molecule has 2 saturated heterocycles. The number of ether oxygens (including phenoxy) is 3. The fourth-order valence-corrected chi connectivity index (χ4v) is 14.2. The zero-order valence-corrected chi connectivity index (χ0v) is 43.6. The molecule has 3 aliphatic carbocycles. The summed E-state index contributed by atoms with van der Waals surface area (Å²) in [5.74, 6) is 0.912. The summed E-state index contributed by atoms with van der Waals surface area (Å²) >= 11 is 0. The van der Waals surface area contributed by atoms with Crippen molar-refractivity contribution < 1.29 is 32.3 Å². The zero-order valence-electron chi connectivity index (χ0n) is 42.8. The summed E-state index contributed by atoms with van der Waals surface area (Å²) in [6.45, 7) is 12.6. The summed E-state index contributed by atoms with van der Waals surface area (Å²) in [6, 6.07) is 21.1. The number of nitro benzene ring substituents is 1. The van der Waals surface area contributed by atoms with Crippen LogP contribution in [0.2, 0.25) is 0 Å². The van der Waals surface area contributed by atoms with Crippen molar-refractivity contribution in [3.05, 3.63) is 99.7 Å². The summed E-state index contributed by atoms with van der Waals surface area (Å²) in [7, 11) is -4.68. The third kappa shape index (κ3) is 10.1. The lowest BCUT2D eigenvalue weighted by Gasteiger charge is -2.56. The first kappa shape index (κ1) is 49.3. The highest BCUT2D eigenvalue weighted by atomic mass is 32.2. The molecular weight excluding hydrogens is 943 g/mol. The number of piperidine rings is 1. The van der Waals surface area contributed by atoms with Crippen LogP contribution < -0.4 is 29.1 Å². The van der Waals surface area contributed by atoms with Crippen LogP contribution in [0.15, 0.2) is 77.8 Å². The van der Waals surface area contributed by atoms with Crippen LogP contribution in [0.25, 0.3) is 11.0 Å². The highest BCUT2D eigenvalue weighted by molar-refractivity contribution is 7.90. The lowest BCUT2D eigenvalue weighted by molar-refractivity contribution is -0.384. The van der Waals surface area contributed by atoms with Gasteiger partial charge in [0.05, 0.1) is 28.0 Å². The van der Waals surface area contributed by atoms with E-state index in [1.165, 1.54) is 42.9 Å². The first-order chi connectivity index (χ1) is 35.1. The minimum Gasteiger partial charge on any atom is -0.489 e. The second kappa shape index (κ2) is 19.8. The van der Waals surface area contributed by atoms with Gasteiger partial charge >= 0.3 is 0 Å². The third-order valence-electron chi connectivity index (χ3n) is 17.6. The number of aromatic amines is 1. The normalized spacial score (nSPS) is 22.5. The molecule has 3 aromatic carbocycles. The molecule has 3 N–H and O–H groups in total. The first-order valence-corrected chi connectivity index (χ1v) is 28.4.